The Morgan fingerprint density at radius 1 is 1.60 bits per heavy atom. The van der Waals surface area contributed by atoms with Crippen molar-refractivity contribution in [2.24, 2.45) is 7.05 Å². The molecule has 0 radical (unpaired) electrons. The first-order valence-electron chi connectivity index (χ1n) is 6.68. The van der Waals surface area contributed by atoms with Crippen LogP contribution in [0.2, 0.25) is 0 Å². The van der Waals surface area contributed by atoms with Gasteiger partial charge >= 0.3 is 5.97 Å². The molecule has 0 aliphatic carbocycles. The van der Waals surface area contributed by atoms with Crippen LogP contribution in [0, 0.1) is 0 Å². The molecule has 1 aromatic heterocycles. The van der Waals surface area contributed by atoms with Crippen LogP contribution < -0.4 is 0 Å². The first kappa shape index (κ1) is 15.5. The van der Waals surface area contributed by atoms with Gasteiger partial charge in [-0.15, -0.1) is 0 Å². The predicted molar refractivity (Wildman–Crippen MR) is 77.3 cm³/mol. The summed E-state index contributed by atoms with van der Waals surface area (Å²) in [5.74, 6) is -0.312. The molecule has 0 saturated carbocycles. The molecule has 2 rings (SSSR count). The van der Waals surface area contributed by atoms with Crippen molar-refractivity contribution in [1.82, 2.24) is 14.7 Å². The smallest absolute Gasteiger partial charge is 0.336 e. The van der Waals surface area contributed by atoms with Crippen molar-refractivity contribution in [2.75, 3.05) is 26.8 Å². The Morgan fingerprint density at radius 2 is 2.35 bits per heavy atom. The van der Waals surface area contributed by atoms with Crippen LogP contribution in [0.3, 0.4) is 0 Å². The van der Waals surface area contributed by atoms with Gasteiger partial charge in [0.15, 0.2) is 6.10 Å². The highest BCUT2D eigenvalue weighted by Gasteiger charge is 2.28. The number of carbonyl (C=O) groups excluding carboxylic acids is 1. The molecule has 0 spiro atoms. The van der Waals surface area contributed by atoms with Gasteiger partial charge in [0.25, 0.3) is 0 Å². The van der Waals surface area contributed by atoms with Gasteiger partial charge in [0.2, 0.25) is 0 Å². The molecule has 1 fully saturated rings. The zero-order valence-electron chi connectivity index (χ0n) is 12.1. The molecule has 1 aliphatic rings. The summed E-state index contributed by atoms with van der Waals surface area (Å²) in [5.41, 5.74) is 2.17. The number of carbonyl (C=O) groups is 1. The first-order valence-corrected chi connectivity index (χ1v) is 7.48. The fourth-order valence-electron chi connectivity index (χ4n) is 2.32. The van der Waals surface area contributed by atoms with Gasteiger partial charge in [-0.1, -0.05) is 6.92 Å². The van der Waals surface area contributed by atoms with E-state index in [0.29, 0.717) is 13.2 Å². The van der Waals surface area contributed by atoms with Crippen molar-refractivity contribution < 1.29 is 14.3 Å². The van der Waals surface area contributed by atoms with Gasteiger partial charge in [-0.2, -0.15) is 5.10 Å². The largest absolute Gasteiger partial charge is 0.467 e. The number of rotatable bonds is 4. The number of hydrogen-bond acceptors (Lipinski definition) is 5. The first-order chi connectivity index (χ1) is 9.56. The minimum atomic E-state index is -0.494. The lowest BCUT2D eigenvalue weighted by Crippen LogP contribution is -2.46. The zero-order chi connectivity index (χ0) is 14.7. The summed E-state index contributed by atoms with van der Waals surface area (Å²) >= 11 is 3.61. The Bertz CT molecular complexity index is 489. The van der Waals surface area contributed by atoms with Gasteiger partial charge in [0.1, 0.15) is 0 Å². The predicted octanol–water partition coefficient (Wildman–Crippen LogP) is 1.12. The molecule has 7 heteroatoms. The van der Waals surface area contributed by atoms with Crippen LogP contribution in [-0.2, 0) is 34.3 Å². The summed E-state index contributed by atoms with van der Waals surface area (Å²) in [6.45, 7) is 4.70. The third kappa shape index (κ3) is 3.21. The molecule has 2 heterocycles. The van der Waals surface area contributed by atoms with Gasteiger partial charge in [-0.05, 0) is 22.4 Å². The van der Waals surface area contributed by atoms with Crippen LogP contribution in [0.25, 0.3) is 0 Å². The van der Waals surface area contributed by atoms with Crippen molar-refractivity contribution in [3.63, 3.8) is 0 Å². The van der Waals surface area contributed by atoms with Crippen molar-refractivity contribution in [2.45, 2.75) is 26.0 Å². The van der Waals surface area contributed by atoms with Crippen LogP contribution in [0.5, 0.6) is 0 Å². The van der Waals surface area contributed by atoms with Gasteiger partial charge in [0.05, 0.1) is 29.6 Å². The summed E-state index contributed by atoms with van der Waals surface area (Å²) in [4.78, 5) is 13.7. The van der Waals surface area contributed by atoms with Crippen LogP contribution in [0.4, 0.5) is 0 Å². The molecule has 112 valence electrons. The highest BCUT2D eigenvalue weighted by atomic mass is 79.9. The number of halogens is 1. The molecule has 0 bridgehead atoms. The highest BCUT2D eigenvalue weighted by Crippen LogP contribution is 2.23. The van der Waals surface area contributed by atoms with Crippen LogP contribution in [0.15, 0.2) is 4.47 Å². The average molecular weight is 346 g/mol. The van der Waals surface area contributed by atoms with Crippen LogP contribution in [-0.4, -0.2) is 53.6 Å². The Kier molecular flexibility index (Phi) is 5.17. The van der Waals surface area contributed by atoms with Gasteiger partial charge in [-0.3, -0.25) is 9.58 Å². The van der Waals surface area contributed by atoms with Crippen molar-refractivity contribution >= 4 is 21.9 Å². The van der Waals surface area contributed by atoms with Crippen LogP contribution in [0.1, 0.15) is 18.3 Å². The van der Waals surface area contributed by atoms with Gasteiger partial charge in [0, 0.05) is 26.7 Å². The van der Waals surface area contributed by atoms with Crippen molar-refractivity contribution in [3.8, 4) is 0 Å². The SMILES string of the molecule is CCc1nn(C)c(CN2CCOC(C(=O)OC)C2)c1Br. The number of aromatic nitrogens is 2. The summed E-state index contributed by atoms with van der Waals surface area (Å²) < 4.78 is 13.1. The molecule has 1 aliphatic heterocycles. The Balaban J connectivity index is 2.06. The lowest BCUT2D eigenvalue weighted by molar-refractivity contribution is -0.160. The summed E-state index contributed by atoms with van der Waals surface area (Å²) in [6.07, 6.45) is 0.397. The number of hydrogen-bond donors (Lipinski definition) is 0. The number of ether oxygens (including phenoxy) is 2. The van der Waals surface area contributed by atoms with E-state index in [1.807, 2.05) is 11.7 Å². The van der Waals surface area contributed by atoms with Gasteiger partial charge < -0.3 is 9.47 Å². The molecule has 1 unspecified atom stereocenters. The van der Waals surface area contributed by atoms with Crippen molar-refractivity contribution in [1.29, 1.82) is 0 Å². The van der Waals surface area contributed by atoms with E-state index >= 15 is 0 Å². The monoisotopic (exact) mass is 345 g/mol. The maximum Gasteiger partial charge on any atom is 0.336 e. The Labute approximate surface area is 127 Å². The lowest BCUT2D eigenvalue weighted by atomic mass is 10.2. The van der Waals surface area contributed by atoms with E-state index in [9.17, 15) is 4.79 Å². The molecule has 1 atom stereocenters. The zero-order valence-corrected chi connectivity index (χ0v) is 13.6. The minimum absolute atomic E-state index is 0.312. The second kappa shape index (κ2) is 6.69. The number of morpholine rings is 1. The van der Waals surface area contributed by atoms with E-state index in [-0.39, 0.29) is 5.97 Å². The standard InChI is InChI=1S/C13H20BrN3O3/c1-4-9-12(14)10(16(2)15-9)7-17-5-6-20-11(8-17)13(18)19-3/h11H,4-8H2,1-3H3. The number of nitrogens with zero attached hydrogens (tertiary/aromatic N) is 3. The van der Waals surface area contributed by atoms with Crippen molar-refractivity contribution in [3.05, 3.63) is 15.9 Å². The van der Waals surface area contributed by atoms with Crippen LogP contribution >= 0.6 is 15.9 Å². The second-order valence-electron chi connectivity index (χ2n) is 4.80. The van der Waals surface area contributed by atoms with E-state index < -0.39 is 6.10 Å². The molecule has 0 amide bonds. The number of esters is 1. The van der Waals surface area contributed by atoms with E-state index in [1.165, 1.54) is 7.11 Å². The molecule has 6 nitrogen and oxygen atoms in total. The van der Waals surface area contributed by atoms with E-state index in [2.05, 4.69) is 32.9 Å². The maximum absolute atomic E-state index is 11.5. The van der Waals surface area contributed by atoms with E-state index in [4.69, 9.17) is 9.47 Å². The normalized spacial score (nSPS) is 20.1. The number of methoxy groups -OCH3 is 1. The third-order valence-corrected chi connectivity index (χ3v) is 4.41. The molecule has 0 N–H and O–H groups in total. The Hall–Kier alpha value is -0.920. The maximum atomic E-state index is 11.5. The summed E-state index contributed by atoms with van der Waals surface area (Å²) in [5, 5.41) is 4.48. The average Bonchev–Trinajstić information content (AvgIpc) is 2.74. The van der Waals surface area contributed by atoms with E-state index in [0.717, 1.165) is 35.4 Å². The summed E-state index contributed by atoms with van der Waals surface area (Å²) in [6, 6.07) is 0. The highest BCUT2D eigenvalue weighted by molar-refractivity contribution is 9.10. The molecular formula is C13H20BrN3O3. The number of aryl methyl sites for hydroxylation is 2. The molecule has 1 saturated heterocycles. The molecule has 20 heavy (non-hydrogen) atoms. The third-order valence-electron chi connectivity index (χ3n) is 3.49. The fourth-order valence-corrected chi connectivity index (χ4v) is 3.07. The van der Waals surface area contributed by atoms with Gasteiger partial charge in [-0.25, -0.2) is 4.79 Å². The second-order valence-corrected chi connectivity index (χ2v) is 5.60. The van der Waals surface area contributed by atoms with E-state index in [1.54, 1.807) is 0 Å². The topological polar surface area (TPSA) is 56.6 Å². The molecule has 1 aromatic rings. The quantitative estimate of drug-likeness (QED) is 0.765. The lowest BCUT2D eigenvalue weighted by Gasteiger charge is -2.31. The Morgan fingerprint density at radius 3 is 2.95 bits per heavy atom. The summed E-state index contributed by atoms with van der Waals surface area (Å²) in [7, 11) is 3.33. The molecule has 0 aromatic carbocycles. The minimum Gasteiger partial charge on any atom is -0.467 e. The fraction of sp³-hybridized carbons (Fsp3) is 0.692. The molecular weight excluding hydrogens is 326 g/mol.